The first-order valence-electron chi connectivity index (χ1n) is 9.48. The van der Waals surface area contributed by atoms with Crippen LogP contribution in [0.2, 0.25) is 0 Å². The molecule has 0 saturated carbocycles. The van der Waals surface area contributed by atoms with Gasteiger partial charge in [0.25, 0.3) is 0 Å². The predicted molar refractivity (Wildman–Crippen MR) is 105 cm³/mol. The molecule has 140 valence electrons. The molecule has 5 heteroatoms. The van der Waals surface area contributed by atoms with Crippen molar-refractivity contribution >= 4 is 5.96 Å². The van der Waals surface area contributed by atoms with Crippen molar-refractivity contribution in [2.24, 2.45) is 10.9 Å². The maximum absolute atomic E-state index is 9.67. The number of rotatable bonds is 7. The zero-order valence-corrected chi connectivity index (χ0v) is 15.9. The smallest absolute Gasteiger partial charge is 0.191 e. The Morgan fingerprint density at radius 3 is 2.68 bits per heavy atom. The Bertz CT molecular complexity index is 518. The van der Waals surface area contributed by atoms with Gasteiger partial charge in [-0.05, 0) is 44.7 Å². The number of likely N-dealkylation sites (tertiary alicyclic amines) is 1. The molecule has 3 N–H and O–H groups in total. The SMILES string of the molecule is CN=C(NCC1CCCN(C(C)C)C1)NCC(CO)c1ccccc1. The third-order valence-electron chi connectivity index (χ3n) is 5.07. The quantitative estimate of drug-likeness (QED) is 0.522. The molecule has 0 bridgehead atoms. The minimum absolute atomic E-state index is 0.0749. The monoisotopic (exact) mass is 346 g/mol. The lowest BCUT2D eigenvalue weighted by Gasteiger charge is -2.35. The van der Waals surface area contributed by atoms with Crippen molar-refractivity contribution in [2.75, 3.05) is 39.8 Å². The first-order chi connectivity index (χ1) is 12.1. The summed E-state index contributed by atoms with van der Waals surface area (Å²) in [6.07, 6.45) is 2.55. The lowest BCUT2D eigenvalue weighted by Crippen LogP contribution is -2.46. The molecule has 1 aliphatic heterocycles. The van der Waals surface area contributed by atoms with Gasteiger partial charge < -0.3 is 20.6 Å². The number of piperidine rings is 1. The fourth-order valence-corrected chi connectivity index (χ4v) is 3.43. The molecule has 1 heterocycles. The molecular weight excluding hydrogens is 312 g/mol. The van der Waals surface area contributed by atoms with Crippen LogP contribution in [0.1, 0.15) is 38.2 Å². The number of nitrogens with one attached hydrogen (secondary N) is 2. The number of aliphatic hydroxyl groups is 1. The second-order valence-corrected chi connectivity index (χ2v) is 7.22. The van der Waals surface area contributed by atoms with Crippen LogP contribution in [0.3, 0.4) is 0 Å². The molecule has 1 aromatic carbocycles. The van der Waals surface area contributed by atoms with Gasteiger partial charge in [-0.25, -0.2) is 0 Å². The molecule has 25 heavy (non-hydrogen) atoms. The standard InChI is InChI=1S/C20H34N4O/c1-16(2)24-11-7-8-17(14-24)12-22-20(21-3)23-13-19(15-25)18-9-5-4-6-10-18/h4-6,9-10,16-17,19,25H,7-8,11-15H2,1-3H3,(H2,21,22,23). The zero-order valence-electron chi connectivity index (χ0n) is 15.9. The molecule has 2 rings (SSSR count). The van der Waals surface area contributed by atoms with E-state index in [4.69, 9.17) is 0 Å². The van der Waals surface area contributed by atoms with Gasteiger partial charge >= 0.3 is 0 Å². The summed E-state index contributed by atoms with van der Waals surface area (Å²) in [4.78, 5) is 6.88. The fourth-order valence-electron chi connectivity index (χ4n) is 3.43. The molecule has 2 unspecified atom stereocenters. The maximum Gasteiger partial charge on any atom is 0.191 e. The third kappa shape index (κ3) is 6.33. The summed E-state index contributed by atoms with van der Waals surface area (Å²) in [5, 5.41) is 16.5. The number of benzene rings is 1. The van der Waals surface area contributed by atoms with Crippen LogP contribution in [-0.4, -0.2) is 61.8 Å². The van der Waals surface area contributed by atoms with E-state index in [0.29, 0.717) is 18.5 Å². The lowest BCUT2D eigenvalue weighted by molar-refractivity contribution is 0.141. The Kier molecular flexibility index (Phi) is 8.22. The second kappa shape index (κ2) is 10.4. The van der Waals surface area contributed by atoms with Crippen molar-refractivity contribution in [2.45, 2.75) is 38.6 Å². The van der Waals surface area contributed by atoms with Gasteiger partial charge in [-0.3, -0.25) is 4.99 Å². The van der Waals surface area contributed by atoms with Crippen molar-refractivity contribution in [3.05, 3.63) is 35.9 Å². The average Bonchev–Trinajstić information content (AvgIpc) is 2.65. The van der Waals surface area contributed by atoms with Gasteiger partial charge in [-0.2, -0.15) is 0 Å². The summed E-state index contributed by atoms with van der Waals surface area (Å²) < 4.78 is 0. The lowest BCUT2D eigenvalue weighted by atomic mass is 9.97. The number of aliphatic imine (C=N–C) groups is 1. The van der Waals surface area contributed by atoms with Gasteiger partial charge in [0, 0.05) is 38.6 Å². The first-order valence-corrected chi connectivity index (χ1v) is 9.48. The number of nitrogens with zero attached hydrogens (tertiary/aromatic N) is 2. The van der Waals surface area contributed by atoms with Gasteiger partial charge in [0.1, 0.15) is 0 Å². The molecule has 1 saturated heterocycles. The largest absolute Gasteiger partial charge is 0.396 e. The molecular formula is C20H34N4O. The third-order valence-corrected chi connectivity index (χ3v) is 5.07. The highest BCUT2D eigenvalue weighted by Crippen LogP contribution is 2.17. The van der Waals surface area contributed by atoms with E-state index in [2.05, 4.69) is 46.5 Å². The van der Waals surface area contributed by atoms with Crippen molar-refractivity contribution in [3.8, 4) is 0 Å². The van der Waals surface area contributed by atoms with E-state index in [1.165, 1.54) is 19.4 Å². The summed E-state index contributed by atoms with van der Waals surface area (Å²) in [6, 6.07) is 10.7. The highest BCUT2D eigenvalue weighted by molar-refractivity contribution is 5.79. The van der Waals surface area contributed by atoms with Crippen LogP contribution in [0, 0.1) is 5.92 Å². The van der Waals surface area contributed by atoms with E-state index in [1.54, 1.807) is 7.05 Å². The van der Waals surface area contributed by atoms with E-state index in [0.717, 1.165) is 24.6 Å². The van der Waals surface area contributed by atoms with Crippen LogP contribution < -0.4 is 10.6 Å². The minimum atomic E-state index is 0.0749. The van der Waals surface area contributed by atoms with Gasteiger partial charge in [0.2, 0.25) is 0 Å². The van der Waals surface area contributed by atoms with Gasteiger partial charge in [-0.1, -0.05) is 30.3 Å². The highest BCUT2D eigenvalue weighted by Gasteiger charge is 2.21. The summed E-state index contributed by atoms with van der Waals surface area (Å²) in [7, 11) is 1.80. The van der Waals surface area contributed by atoms with Crippen molar-refractivity contribution < 1.29 is 5.11 Å². The van der Waals surface area contributed by atoms with Crippen LogP contribution >= 0.6 is 0 Å². The van der Waals surface area contributed by atoms with Crippen molar-refractivity contribution in [1.82, 2.24) is 15.5 Å². The summed E-state index contributed by atoms with van der Waals surface area (Å²) >= 11 is 0. The molecule has 0 aliphatic carbocycles. The Labute approximate surface area is 152 Å². The van der Waals surface area contributed by atoms with E-state index >= 15 is 0 Å². The number of hydrogen-bond donors (Lipinski definition) is 3. The van der Waals surface area contributed by atoms with Gasteiger partial charge in [-0.15, -0.1) is 0 Å². The van der Waals surface area contributed by atoms with Crippen LogP contribution in [0.25, 0.3) is 0 Å². The zero-order chi connectivity index (χ0) is 18.1. The van der Waals surface area contributed by atoms with Crippen molar-refractivity contribution in [3.63, 3.8) is 0 Å². The number of hydrogen-bond acceptors (Lipinski definition) is 3. The van der Waals surface area contributed by atoms with E-state index in [-0.39, 0.29) is 12.5 Å². The second-order valence-electron chi connectivity index (χ2n) is 7.22. The predicted octanol–water partition coefficient (Wildman–Crippen LogP) is 2.05. The maximum atomic E-state index is 9.67. The molecule has 1 fully saturated rings. The highest BCUT2D eigenvalue weighted by atomic mass is 16.3. The molecule has 1 aliphatic rings. The summed E-state index contributed by atoms with van der Waals surface area (Å²) in [5.41, 5.74) is 1.15. The van der Waals surface area contributed by atoms with E-state index in [9.17, 15) is 5.11 Å². The summed E-state index contributed by atoms with van der Waals surface area (Å²) in [6.45, 7) is 8.66. The van der Waals surface area contributed by atoms with E-state index < -0.39 is 0 Å². The van der Waals surface area contributed by atoms with Gasteiger partial charge in [0.15, 0.2) is 5.96 Å². The van der Waals surface area contributed by atoms with Gasteiger partial charge in [0.05, 0.1) is 6.61 Å². The molecule has 2 atom stereocenters. The number of guanidine groups is 1. The Hall–Kier alpha value is -1.59. The van der Waals surface area contributed by atoms with Crippen LogP contribution in [0.15, 0.2) is 35.3 Å². The average molecular weight is 347 g/mol. The molecule has 0 spiro atoms. The molecule has 5 nitrogen and oxygen atoms in total. The Morgan fingerprint density at radius 1 is 1.28 bits per heavy atom. The van der Waals surface area contributed by atoms with Crippen LogP contribution in [0.5, 0.6) is 0 Å². The number of aliphatic hydroxyl groups excluding tert-OH is 1. The fraction of sp³-hybridized carbons (Fsp3) is 0.650. The summed E-state index contributed by atoms with van der Waals surface area (Å²) in [5.74, 6) is 1.55. The topological polar surface area (TPSA) is 59.9 Å². The minimum Gasteiger partial charge on any atom is -0.396 e. The van der Waals surface area contributed by atoms with E-state index in [1.807, 2.05) is 18.2 Å². The molecule has 1 aromatic rings. The van der Waals surface area contributed by atoms with Crippen LogP contribution in [-0.2, 0) is 0 Å². The molecule has 0 aromatic heterocycles. The Morgan fingerprint density at radius 2 is 2.04 bits per heavy atom. The normalized spacial score (nSPS) is 20.5. The Balaban J connectivity index is 1.78. The molecule has 0 amide bonds. The van der Waals surface area contributed by atoms with Crippen LogP contribution in [0.4, 0.5) is 0 Å². The first kappa shape index (κ1) is 19.7. The van der Waals surface area contributed by atoms with Crippen molar-refractivity contribution in [1.29, 1.82) is 0 Å². The molecule has 0 radical (unpaired) electrons.